The van der Waals surface area contributed by atoms with Crippen LogP contribution in [0, 0.1) is 17.2 Å². The Morgan fingerprint density at radius 3 is 2.71 bits per heavy atom. The van der Waals surface area contributed by atoms with E-state index in [1.807, 2.05) is 0 Å². The lowest BCUT2D eigenvalue weighted by Gasteiger charge is -2.32. The number of carboxylic acid groups (broad SMARTS) is 1. The first-order chi connectivity index (χ1) is 9.82. The van der Waals surface area contributed by atoms with Crippen LogP contribution in [0.3, 0.4) is 0 Å². The van der Waals surface area contributed by atoms with Crippen LogP contribution in [0.2, 0.25) is 0 Å². The standard InChI is InChI=1S/C14H13F3N2O2/c15-14(16,17)12-4-3-11(6-10(12)7-18)19-5-1-2-9(8-19)13(20)21/h3-4,6,9H,1-2,5,8H2,(H,20,21). The highest BCUT2D eigenvalue weighted by Crippen LogP contribution is 2.34. The summed E-state index contributed by atoms with van der Waals surface area (Å²) in [6.07, 6.45) is -3.37. The van der Waals surface area contributed by atoms with Crippen molar-refractivity contribution in [1.29, 1.82) is 5.26 Å². The van der Waals surface area contributed by atoms with Gasteiger partial charge in [0.1, 0.15) is 0 Å². The quantitative estimate of drug-likeness (QED) is 0.912. The molecule has 1 aliphatic rings. The van der Waals surface area contributed by atoms with E-state index in [0.29, 0.717) is 25.1 Å². The summed E-state index contributed by atoms with van der Waals surface area (Å²) in [5, 5.41) is 17.9. The van der Waals surface area contributed by atoms with E-state index >= 15 is 0 Å². The van der Waals surface area contributed by atoms with E-state index in [1.54, 1.807) is 11.0 Å². The number of rotatable bonds is 2. The van der Waals surface area contributed by atoms with Gasteiger partial charge in [-0.15, -0.1) is 0 Å². The van der Waals surface area contributed by atoms with Crippen LogP contribution < -0.4 is 4.90 Å². The highest BCUT2D eigenvalue weighted by Gasteiger charge is 2.34. The molecule has 0 saturated carbocycles. The van der Waals surface area contributed by atoms with Crippen molar-refractivity contribution in [1.82, 2.24) is 0 Å². The van der Waals surface area contributed by atoms with Crippen LogP contribution in [-0.2, 0) is 11.0 Å². The molecule has 0 radical (unpaired) electrons. The number of piperidine rings is 1. The molecule has 1 aliphatic heterocycles. The predicted octanol–water partition coefficient (Wildman–Crippen LogP) is 2.88. The van der Waals surface area contributed by atoms with Gasteiger partial charge in [-0.2, -0.15) is 18.4 Å². The molecule has 112 valence electrons. The Kier molecular flexibility index (Phi) is 4.07. The van der Waals surface area contributed by atoms with Crippen LogP contribution in [0.4, 0.5) is 18.9 Å². The fourth-order valence-corrected chi connectivity index (χ4v) is 2.48. The third-order valence-corrected chi connectivity index (χ3v) is 3.56. The van der Waals surface area contributed by atoms with Crippen molar-refractivity contribution in [3.05, 3.63) is 29.3 Å². The van der Waals surface area contributed by atoms with Crippen LogP contribution in [0.5, 0.6) is 0 Å². The topological polar surface area (TPSA) is 64.3 Å². The number of nitriles is 1. The molecule has 1 aromatic rings. The fraction of sp³-hybridized carbons (Fsp3) is 0.429. The number of benzene rings is 1. The number of alkyl halides is 3. The number of hydrogen-bond acceptors (Lipinski definition) is 3. The zero-order chi connectivity index (χ0) is 15.6. The molecule has 2 rings (SSSR count). The monoisotopic (exact) mass is 298 g/mol. The van der Waals surface area contributed by atoms with E-state index in [-0.39, 0.29) is 6.54 Å². The molecule has 1 heterocycles. The summed E-state index contributed by atoms with van der Waals surface area (Å²) < 4.78 is 38.2. The van der Waals surface area contributed by atoms with Gasteiger partial charge < -0.3 is 10.0 Å². The highest BCUT2D eigenvalue weighted by atomic mass is 19.4. The number of carbonyl (C=O) groups is 1. The summed E-state index contributed by atoms with van der Waals surface area (Å²) >= 11 is 0. The second kappa shape index (κ2) is 5.64. The van der Waals surface area contributed by atoms with Crippen molar-refractivity contribution in [3.63, 3.8) is 0 Å². The average Bonchev–Trinajstić information content (AvgIpc) is 2.45. The Morgan fingerprint density at radius 2 is 2.14 bits per heavy atom. The normalized spacial score (nSPS) is 19.1. The summed E-state index contributed by atoms with van der Waals surface area (Å²) in [6, 6.07) is 4.89. The predicted molar refractivity (Wildman–Crippen MR) is 68.7 cm³/mol. The van der Waals surface area contributed by atoms with Crippen molar-refractivity contribution in [3.8, 4) is 6.07 Å². The number of halogens is 3. The molecule has 7 heteroatoms. The Morgan fingerprint density at radius 1 is 1.43 bits per heavy atom. The number of anilines is 1. The molecule has 1 fully saturated rings. The van der Waals surface area contributed by atoms with Gasteiger partial charge in [0.25, 0.3) is 0 Å². The van der Waals surface area contributed by atoms with Crippen molar-refractivity contribution in [2.45, 2.75) is 19.0 Å². The van der Waals surface area contributed by atoms with Crippen LogP contribution >= 0.6 is 0 Å². The van der Waals surface area contributed by atoms with Gasteiger partial charge in [0, 0.05) is 18.8 Å². The first kappa shape index (κ1) is 15.2. The zero-order valence-corrected chi connectivity index (χ0v) is 11.0. The number of nitrogens with zero attached hydrogens (tertiary/aromatic N) is 2. The molecule has 1 atom stereocenters. The van der Waals surface area contributed by atoms with Crippen molar-refractivity contribution in [2.75, 3.05) is 18.0 Å². The molecule has 1 unspecified atom stereocenters. The van der Waals surface area contributed by atoms with Gasteiger partial charge in [-0.1, -0.05) is 0 Å². The Hall–Kier alpha value is -2.23. The molecule has 1 saturated heterocycles. The molecule has 1 N–H and O–H groups in total. The zero-order valence-electron chi connectivity index (χ0n) is 11.0. The number of aliphatic carboxylic acids is 1. The first-order valence-electron chi connectivity index (χ1n) is 6.42. The smallest absolute Gasteiger partial charge is 0.417 e. The van der Waals surface area contributed by atoms with Gasteiger partial charge >= 0.3 is 12.1 Å². The number of hydrogen-bond donors (Lipinski definition) is 1. The minimum Gasteiger partial charge on any atom is -0.481 e. The number of carboxylic acids is 1. The van der Waals surface area contributed by atoms with E-state index in [4.69, 9.17) is 10.4 Å². The minimum absolute atomic E-state index is 0.242. The largest absolute Gasteiger partial charge is 0.481 e. The lowest BCUT2D eigenvalue weighted by Crippen LogP contribution is -2.38. The van der Waals surface area contributed by atoms with Gasteiger partial charge in [0.05, 0.1) is 23.1 Å². The summed E-state index contributed by atoms with van der Waals surface area (Å²) in [5.41, 5.74) is -0.969. The van der Waals surface area contributed by atoms with Crippen molar-refractivity contribution >= 4 is 11.7 Å². The highest BCUT2D eigenvalue weighted by molar-refractivity contribution is 5.71. The molecule has 21 heavy (non-hydrogen) atoms. The summed E-state index contributed by atoms with van der Waals surface area (Å²) in [6.45, 7) is 0.811. The average molecular weight is 298 g/mol. The lowest BCUT2D eigenvalue weighted by atomic mass is 9.97. The fourth-order valence-electron chi connectivity index (χ4n) is 2.48. The van der Waals surface area contributed by atoms with Gasteiger partial charge in [-0.05, 0) is 31.0 Å². The van der Waals surface area contributed by atoms with Gasteiger partial charge in [-0.25, -0.2) is 0 Å². The molecular formula is C14H13F3N2O2. The first-order valence-corrected chi connectivity index (χ1v) is 6.42. The maximum Gasteiger partial charge on any atom is 0.417 e. The van der Waals surface area contributed by atoms with E-state index in [0.717, 1.165) is 6.07 Å². The van der Waals surface area contributed by atoms with Gasteiger partial charge in [0.2, 0.25) is 0 Å². The van der Waals surface area contributed by atoms with Gasteiger partial charge in [-0.3, -0.25) is 4.79 Å². The summed E-state index contributed by atoms with van der Waals surface area (Å²) in [5.74, 6) is -1.45. The van der Waals surface area contributed by atoms with Crippen LogP contribution in [0.15, 0.2) is 18.2 Å². The maximum atomic E-state index is 12.7. The Balaban J connectivity index is 2.29. The van der Waals surface area contributed by atoms with Crippen molar-refractivity contribution < 1.29 is 23.1 Å². The maximum absolute atomic E-state index is 12.7. The van der Waals surface area contributed by atoms with Crippen molar-refractivity contribution in [2.24, 2.45) is 5.92 Å². The molecule has 0 amide bonds. The van der Waals surface area contributed by atoms with E-state index < -0.39 is 29.2 Å². The molecule has 4 nitrogen and oxygen atoms in total. The van der Waals surface area contributed by atoms with Crippen LogP contribution in [0.25, 0.3) is 0 Å². The Labute approximate surface area is 119 Å². The minimum atomic E-state index is -4.57. The van der Waals surface area contributed by atoms with E-state index in [1.165, 1.54) is 12.1 Å². The van der Waals surface area contributed by atoms with E-state index in [2.05, 4.69) is 0 Å². The Bertz CT molecular complexity index is 593. The van der Waals surface area contributed by atoms with E-state index in [9.17, 15) is 18.0 Å². The van der Waals surface area contributed by atoms with Crippen LogP contribution in [-0.4, -0.2) is 24.2 Å². The second-order valence-corrected chi connectivity index (χ2v) is 4.96. The molecule has 0 aliphatic carbocycles. The van der Waals surface area contributed by atoms with Crippen LogP contribution in [0.1, 0.15) is 24.0 Å². The summed E-state index contributed by atoms with van der Waals surface area (Å²) in [4.78, 5) is 12.7. The molecule has 0 bridgehead atoms. The lowest BCUT2D eigenvalue weighted by molar-refractivity contribution is -0.142. The molecular weight excluding hydrogens is 285 g/mol. The third-order valence-electron chi connectivity index (χ3n) is 3.56. The second-order valence-electron chi connectivity index (χ2n) is 4.96. The molecule has 0 aromatic heterocycles. The van der Waals surface area contributed by atoms with Gasteiger partial charge in [0.15, 0.2) is 0 Å². The molecule has 0 spiro atoms. The summed E-state index contributed by atoms with van der Waals surface area (Å²) in [7, 11) is 0. The SMILES string of the molecule is N#Cc1cc(N2CCCC(C(=O)O)C2)ccc1C(F)(F)F. The molecule has 1 aromatic carbocycles. The third kappa shape index (κ3) is 3.27.